The van der Waals surface area contributed by atoms with E-state index in [0.717, 1.165) is 11.1 Å². The molecule has 2 aromatic heterocycles. The third-order valence-electron chi connectivity index (χ3n) is 4.37. The van der Waals surface area contributed by atoms with Crippen molar-refractivity contribution in [3.05, 3.63) is 47.3 Å². The van der Waals surface area contributed by atoms with E-state index in [1.165, 1.54) is 7.11 Å². The monoisotopic (exact) mass is 337 g/mol. The van der Waals surface area contributed by atoms with E-state index in [-0.39, 0.29) is 23.9 Å². The van der Waals surface area contributed by atoms with Gasteiger partial charge in [-0.1, -0.05) is 17.3 Å². The van der Waals surface area contributed by atoms with E-state index in [9.17, 15) is 9.59 Å². The summed E-state index contributed by atoms with van der Waals surface area (Å²) in [4.78, 5) is 28.4. The first-order valence-electron chi connectivity index (χ1n) is 7.76. The van der Waals surface area contributed by atoms with Crippen molar-refractivity contribution in [3.63, 3.8) is 0 Å². The Labute approximate surface area is 142 Å². The molecule has 0 aliphatic carbocycles. The summed E-state index contributed by atoms with van der Waals surface area (Å²) in [5.74, 6) is -0.896. The molecule has 0 saturated heterocycles. The van der Waals surface area contributed by atoms with E-state index in [2.05, 4.69) is 20.6 Å². The van der Waals surface area contributed by atoms with Gasteiger partial charge in [0, 0.05) is 25.1 Å². The third kappa shape index (κ3) is 2.42. The van der Waals surface area contributed by atoms with Gasteiger partial charge in [0.15, 0.2) is 0 Å². The molecule has 0 fully saturated rings. The lowest BCUT2D eigenvalue weighted by atomic mass is 9.87. The average molecular weight is 337 g/mol. The number of nitrogens with one attached hydrogen (secondary N) is 1. The van der Waals surface area contributed by atoms with Gasteiger partial charge in [0.25, 0.3) is 0 Å². The number of esters is 1. The zero-order valence-corrected chi connectivity index (χ0v) is 13.7. The van der Waals surface area contributed by atoms with E-state index < -0.39 is 5.97 Å². The molecule has 3 aromatic rings. The number of benzene rings is 1. The van der Waals surface area contributed by atoms with Gasteiger partial charge >= 0.3 is 5.97 Å². The Kier molecular flexibility index (Phi) is 3.45. The molecule has 1 unspecified atom stereocenters. The van der Waals surface area contributed by atoms with Crippen molar-refractivity contribution in [1.29, 1.82) is 0 Å². The van der Waals surface area contributed by atoms with Crippen LogP contribution in [0.4, 0.5) is 5.69 Å². The maximum absolute atomic E-state index is 12.2. The highest BCUT2D eigenvalue weighted by Crippen LogP contribution is 2.39. The molecule has 1 aromatic carbocycles. The molecule has 0 bridgehead atoms. The quantitative estimate of drug-likeness (QED) is 0.714. The Bertz CT molecular complexity index is 1010. The number of nitrogens with zero attached hydrogens (tertiary/aromatic N) is 4. The lowest BCUT2D eigenvalue weighted by Crippen LogP contribution is -2.24. The van der Waals surface area contributed by atoms with Gasteiger partial charge in [-0.15, -0.1) is 5.10 Å². The lowest BCUT2D eigenvalue weighted by molar-refractivity contribution is -0.116. The van der Waals surface area contributed by atoms with Crippen molar-refractivity contribution < 1.29 is 14.3 Å². The van der Waals surface area contributed by atoms with Crippen LogP contribution in [0, 0.1) is 0 Å². The molecule has 3 heterocycles. The number of methoxy groups -OCH3 is 1. The Morgan fingerprint density at radius 1 is 1.32 bits per heavy atom. The highest BCUT2D eigenvalue weighted by atomic mass is 16.5. The fraction of sp³-hybridized carbons (Fsp3) is 0.235. The molecule has 25 heavy (non-hydrogen) atoms. The van der Waals surface area contributed by atoms with Crippen molar-refractivity contribution in [2.45, 2.75) is 12.3 Å². The summed E-state index contributed by atoms with van der Waals surface area (Å²) in [6, 6.07) is 8.99. The molecule has 1 amide bonds. The predicted molar refractivity (Wildman–Crippen MR) is 89.2 cm³/mol. The van der Waals surface area contributed by atoms with Crippen LogP contribution in [-0.2, 0) is 16.6 Å². The predicted octanol–water partition coefficient (Wildman–Crippen LogP) is 1.62. The molecule has 0 radical (unpaired) electrons. The molecule has 1 aliphatic rings. The summed E-state index contributed by atoms with van der Waals surface area (Å²) >= 11 is 0. The second-order valence-electron chi connectivity index (χ2n) is 5.85. The summed E-state index contributed by atoms with van der Waals surface area (Å²) in [5, 5.41) is 11.1. The molecule has 1 N–H and O–H groups in total. The molecule has 0 saturated carbocycles. The fourth-order valence-corrected chi connectivity index (χ4v) is 3.15. The Balaban J connectivity index is 1.87. The first-order chi connectivity index (χ1) is 12.1. The Hall–Kier alpha value is -3.29. The van der Waals surface area contributed by atoms with Crippen LogP contribution in [0.1, 0.15) is 34.1 Å². The number of hydrogen-bond donors (Lipinski definition) is 1. The SMILES string of the molecule is COC(=O)c1cccc(C2CC(=O)Nc3c2ccc2c3nnn2C)n1. The van der Waals surface area contributed by atoms with E-state index in [4.69, 9.17) is 4.74 Å². The van der Waals surface area contributed by atoms with Crippen LogP contribution in [-0.4, -0.2) is 39.0 Å². The molecule has 126 valence electrons. The smallest absolute Gasteiger partial charge is 0.356 e. The minimum Gasteiger partial charge on any atom is -0.464 e. The number of hydrogen-bond acceptors (Lipinski definition) is 6. The second kappa shape index (κ2) is 5.66. The lowest BCUT2D eigenvalue weighted by Gasteiger charge is -2.25. The molecule has 0 spiro atoms. The molecule has 1 atom stereocenters. The van der Waals surface area contributed by atoms with Gasteiger partial charge in [-0.05, 0) is 23.8 Å². The summed E-state index contributed by atoms with van der Waals surface area (Å²) in [6.45, 7) is 0. The summed E-state index contributed by atoms with van der Waals surface area (Å²) in [7, 11) is 3.11. The van der Waals surface area contributed by atoms with Gasteiger partial charge in [-0.2, -0.15) is 0 Å². The Morgan fingerprint density at radius 3 is 2.96 bits per heavy atom. The van der Waals surface area contributed by atoms with Crippen LogP contribution >= 0.6 is 0 Å². The highest BCUT2D eigenvalue weighted by molar-refractivity contribution is 6.03. The molecule has 4 rings (SSSR count). The number of carbonyl (C=O) groups excluding carboxylic acids is 2. The van der Waals surface area contributed by atoms with Crippen LogP contribution in [0.15, 0.2) is 30.3 Å². The van der Waals surface area contributed by atoms with Crippen molar-refractivity contribution in [3.8, 4) is 0 Å². The van der Waals surface area contributed by atoms with Gasteiger partial charge in [-0.25, -0.2) is 14.5 Å². The second-order valence-corrected chi connectivity index (χ2v) is 5.85. The summed E-state index contributed by atoms with van der Waals surface area (Å²) in [5.41, 5.74) is 3.88. The number of anilines is 1. The molecule has 8 nitrogen and oxygen atoms in total. The van der Waals surface area contributed by atoms with Crippen molar-refractivity contribution in [2.24, 2.45) is 7.05 Å². The van der Waals surface area contributed by atoms with Gasteiger partial charge in [-0.3, -0.25) is 4.79 Å². The molecule has 8 heteroatoms. The minimum atomic E-state index is -0.508. The summed E-state index contributed by atoms with van der Waals surface area (Å²) in [6.07, 6.45) is 0.246. The fourth-order valence-electron chi connectivity index (χ4n) is 3.15. The zero-order chi connectivity index (χ0) is 17.6. The standard InChI is InChI=1S/C17H15N5O3/c1-22-13-7-6-9-10(8-14(23)19-15(9)16(13)20-21-22)11-4-3-5-12(18-11)17(24)25-2/h3-7,10H,8H2,1-2H3,(H,19,23). The topological polar surface area (TPSA) is 99.0 Å². The van der Waals surface area contributed by atoms with Gasteiger partial charge in [0.2, 0.25) is 5.91 Å². The number of amides is 1. The zero-order valence-electron chi connectivity index (χ0n) is 13.7. The van der Waals surface area contributed by atoms with Gasteiger partial charge in [0.05, 0.1) is 18.3 Å². The van der Waals surface area contributed by atoms with Crippen LogP contribution in [0.5, 0.6) is 0 Å². The van der Waals surface area contributed by atoms with Gasteiger partial charge < -0.3 is 10.1 Å². The first-order valence-corrected chi connectivity index (χ1v) is 7.76. The van der Waals surface area contributed by atoms with E-state index in [1.807, 2.05) is 12.1 Å². The number of pyridine rings is 1. The van der Waals surface area contributed by atoms with Gasteiger partial charge in [0.1, 0.15) is 11.2 Å². The van der Waals surface area contributed by atoms with E-state index >= 15 is 0 Å². The Morgan fingerprint density at radius 2 is 2.16 bits per heavy atom. The number of aryl methyl sites for hydroxylation is 1. The number of aromatic nitrogens is 4. The van der Waals surface area contributed by atoms with Crippen LogP contribution < -0.4 is 5.32 Å². The largest absolute Gasteiger partial charge is 0.464 e. The molecule has 1 aliphatic heterocycles. The number of fused-ring (bicyclic) bond motifs is 3. The van der Waals surface area contributed by atoms with Crippen molar-refractivity contribution in [2.75, 3.05) is 12.4 Å². The maximum atomic E-state index is 12.2. The number of ether oxygens (including phenoxy) is 1. The van der Waals surface area contributed by atoms with Crippen LogP contribution in [0.2, 0.25) is 0 Å². The molecular weight excluding hydrogens is 322 g/mol. The van der Waals surface area contributed by atoms with Crippen LogP contribution in [0.25, 0.3) is 11.0 Å². The van der Waals surface area contributed by atoms with E-state index in [1.54, 1.807) is 29.9 Å². The normalized spacial score (nSPS) is 16.4. The summed E-state index contributed by atoms with van der Waals surface area (Å²) < 4.78 is 6.38. The number of rotatable bonds is 2. The highest BCUT2D eigenvalue weighted by Gasteiger charge is 2.30. The number of carbonyl (C=O) groups is 2. The van der Waals surface area contributed by atoms with Crippen molar-refractivity contribution >= 4 is 28.6 Å². The van der Waals surface area contributed by atoms with E-state index in [0.29, 0.717) is 16.9 Å². The third-order valence-corrected chi connectivity index (χ3v) is 4.37. The van der Waals surface area contributed by atoms with Crippen molar-refractivity contribution in [1.82, 2.24) is 20.0 Å². The maximum Gasteiger partial charge on any atom is 0.356 e. The average Bonchev–Trinajstić information content (AvgIpc) is 3.02. The van der Waals surface area contributed by atoms with Crippen LogP contribution in [0.3, 0.4) is 0 Å². The minimum absolute atomic E-state index is 0.124. The first kappa shape index (κ1) is 15.3. The molecular formula is C17H15N5O3.